The van der Waals surface area contributed by atoms with E-state index in [2.05, 4.69) is 36.1 Å². The Morgan fingerprint density at radius 3 is 2.56 bits per heavy atom. The van der Waals surface area contributed by atoms with Crippen LogP contribution >= 0.6 is 0 Å². The van der Waals surface area contributed by atoms with Gasteiger partial charge in [0.25, 0.3) is 0 Å². The smallest absolute Gasteiger partial charge is 0.0236 e. The molecule has 2 nitrogen and oxygen atoms in total. The van der Waals surface area contributed by atoms with Gasteiger partial charge in [-0.05, 0) is 56.4 Å². The number of rotatable bonds is 3. The zero-order chi connectivity index (χ0) is 11.4. The number of likely N-dealkylation sites (tertiary alicyclic amines) is 1. The van der Waals surface area contributed by atoms with Crippen molar-refractivity contribution in [2.24, 2.45) is 11.7 Å². The Morgan fingerprint density at radius 2 is 1.94 bits per heavy atom. The van der Waals surface area contributed by atoms with E-state index in [9.17, 15) is 0 Å². The quantitative estimate of drug-likeness (QED) is 0.842. The highest BCUT2D eigenvalue weighted by Gasteiger charge is 2.18. The third kappa shape index (κ3) is 2.83. The molecule has 0 amide bonds. The molecule has 16 heavy (non-hydrogen) atoms. The number of benzene rings is 1. The van der Waals surface area contributed by atoms with Crippen molar-refractivity contribution < 1.29 is 0 Å². The lowest BCUT2D eigenvalue weighted by Crippen LogP contribution is -2.35. The number of piperidine rings is 1. The normalized spacial score (nSPS) is 18.9. The van der Waals surface area contributed by atoms with Crippen molar-refractivity contribution in [3.63, 3.8) is 0 Å². The fraction of sp³-hybridized carbons (Fsp3) is 0.571. The molecular weight excluding hydrogens is 196 g/mol. The van der Waals surface area contributed by atoms with E-state index in [1.165, 1.54) is 37.1 Å². The maximum atomic E-state index is 5.71. The molecule has 0 radical (unpaired) electrons. The minimum Gasteiger partial charge on any atom is -0.330 e. The van der Waals surface area contributed by atoms with E-state index < -0.39 is 0 Å². The molecule has 2 rings (SSSR count). The molecule has 1 saturated heterocycles. The number of hydrogen-bond donors (Lipinski definition) is 1. The van der Waals surface area contributed by atoms with Crippen LogP contribution in [0, 0.1) is 12.8 Å². The average molecular weight is 218 g/mol. The standard InChI is InChI=1S/C14H22N2/c1-12-4-2-3-5-14(12)11-16-8-6-13(10-15)7-9-16/h2-5,13H,6-11,15H2,1H3. The summed E-state index contributed by atoms with van der Waals surface area (Å²) in [5.74, 6) is 0.758. The van der Waals surface area contributed by atoms with Gasteiger partial charge >= 0.3 is 0 Å². The molecule has 1 aliphatic rings. The summed E-state index contributed by atoms with van der Waals surface area (Å²) in [6, 6.07) is 8.68. The Balaban J connectivity index is 1.89. The monoisotopic (exact) mass is 218 g/mol. The minimum absolute atomic E-state index is 0.758. The van der Waals surface area contributed by atoms with E-state index >= 15 is 0 Å². The molecule has 0 atom stereocenters. The van der Waals surface area contributed by atoms with Crippen LogP contribution < -0.4 is 5.73 Å². The fourth-order valence-corrected chi connectivity index (χ4v) is 2.41. The first-order chi connectivity index (χ1) is 7.79. The maximum absolute atomic E-state index is 5.71. The number of aryl methyl sites for hydroxylation is 1. The molecule has 0 saturated carbocycles. The lowest BCUT2D eigenvalue weighted by atomic mass is 9.96. The van der Waals surface area contributed by atoms with E-state index in [1.807, 2.05) is 0 Å². The van der Waals surface area contributed by atoms with Gasteiger partial charge < -0.3 is 5.73 Å². The Bertz CT molecular complexity index is 327. The average Bonchev–Trinajstić information content (AvgIpc) is 2.33. The molecule has 0 bridgehead atoms. The predicted molar refractivity (Wildman–Crippen MR) is 68.2 cm³/mol. The third-order valence-electron chi connectivity index (χ3n) is 3.70. The first-order valence-electron chi connectivity index (χ1n) is 6.26. The molecule has 0 aromatic heterocycles. The lowest BCUT2D eigenvalue weighted by Gasteiger charge is -2.31. The second-order valence-corrected chi connectivity index (χ2v) is 4.88. The number of hydrogen-bond acceptors (Lipinski definition) is 2. The third-order valence-corrected chi connectivity index (χ3v) is 3.70. The van der Waals surface area contributed by atoms with Crippen LogP contribution in [-0.4, -0.2) is 24.5 Å². The minimum atomic E-state index is 0.758. The fourth-order valence-electron chi connectivity index (χ4n) is 2.41. The lowest BCUT2D eigenvalue weighted by molar-refractivity contribution is 0.180. The zero-order valence-corrected chi connectivity index (χ0v) is 10.2. The van der Waals surface area contributed by atoms with Gasteiger partial charge in [0.15, 0.2) is 0 Å². The van der Waals surface area contributed by atoms with Crippen molar-refractivity contribution in [3.05, 3.63) is 35.4 Å². The Hall–Kier alpha value is -0.860. The summed E-state index contributed by atoms with van der Waals surface area (Å²) in [7, 11) is 0. The number of nitrogens with zero attached hydrogens (tertiary/aromatic N) is 1. The molecule has 1 fully saturated rings. The molecule has 1 heterocycles. The van der Waals surface area contributed by atoms with Crippen molar-refractivity contribution >= 4 is 0 Å². The number of nitrogens with two attached hydrogens (primary N) is 1. The van der Waals surface area contributed by atoms with Gasteiger partial charge in [-0.2, -0.15) is 0 Å². The summed E-state index contributed by atoms with van der Waals surface area (Å²) in [5, 5.41) is 0. The first kappa shape index (κ1) is 11.6. The molecule has 0 unspecified atom stereocenters. The summed E-state index contributed by atoms with van der Waals surface area (Å²) in [4.78, 5) is 2.55. The van der Waals surface area contributed by atoms with E-state index in [1.54, 1.807) is 0 Å². The molecule has 1 aliphatic heterocycles. The summed E-state index contributed by atoms with van der Waals surface area (Å²) >= 11 is 0. The zero-order valence-electron chi connectivity index (χ0n) is 10.2. The molecule has 0 aliphatic carbocycles. The largest absolute Gasteiger partial charge is 0.330 e. The van der Waals surface area contributed by atoms with Crippen LogP contribution in [0.15, 0.2) is 24.3 Å². The summed E-state index contributed by atoms with van der Waals surface area (Å²) in [6.07, 6.45) is 2.53. The van der Waals surface area contributed by atoms with Crippen molar-refractivity contribution in [2.75, 3.05) is 19.6 Å². The summed E-state index contributed by atoms with van der Waals surface area (Å²) in [6.45, 7) is 6.57. The van der Waals surface area contributed by atoms with E-state index in [-0.39, 0.29) is 0 Å². The summed E-state index contributed by atoms with van der Waals surface area (Å²) in [5.41, 5.74) is 8.58. The van der Waals surface area contributed by atoms with Gasteiger partial charge in [-0.15, -0.1) is 0 Å². The summed E-state index contributed by atoms with van der Waals surface area (Å²) < 4.78 is 0. The van der Waals surface area contributed by atoms with Gasteiger partial charge in [-0.25, -0.2) is 0 Å². The predicted octanol–water partition coefficient (Wildman–Crippen LogP) is 2.17. The first-order valence-corrected chi connectivity index (χ1v) is 6.26. The van der Waals surface area contributed by atoms with Crippen LogP contribution in [0.2, 0.25) is 0 Å². The Kier molecular flexibility index (Phi) is 3.97. The second kappa shape index (κ2) is 5.46. The van der Waals surface area contributed by atoms with Crippen LogP contribution in [-0.2, 0) is 6.54 Å². The van der Waals surface area contributed by atoms with Crippen molar-refractivity contribution in [3.8, 4) is 0 Å². The molecule has 2 heteroatoms. The van der Waals surface area contributed by atoms with Gasteiger partial charge in [-0.3, -0.25) is 4.90 Å². The molecular formula is C14H22N2. The molecule has 2 N–H and O–H groups in total. The molecule has 0 spiro atoms. The molecule has 88 valence electrons. The second-order valence-electron chi connectivity index (χ2n) is 4.88. The SMILES string of the molecule is Cc1ccccc1CN1CCC(CN)CC1. The van der Waals surface area contributed by atoms with Gasteiger partial charge in [0.2, 0.25) is 0 Å². The van der Waals surface area contributed by atoms with Gasteiger partial charge in [0.1, 0.15) is 0 Å². The highest BCUT2D eigenvalue weighted by atomic mass is 15.1. The highest BCUT2D eigenvalue weighted by molar-refractivity contribution is 5.25. The van der Waals surface area contributed by atoms with Crippen LogP contribution in [0.5, 0.6) is 0 Å². The maximum Gasteiger partial charge on any atom is 0.0236 e. The van der Waals surface area contributed by atoms with Crippen molar-refractivity contribution in [1.29, 1.82) is 0 Å². The van der Waals surface area contributed by atoms with Gasteiger partial charge in [0.05, 0.1) is 0 Å². The van der Waals surface area contributed by atoms with Crippen molar-refractivity contribution in [2.45, 2.75) is 26.3 Å². The van der Waals surface area contributed by atoms with E-state index in [0.717, 1.165) is 19.0 Å². The van der Waals surface area contributed by atoms with Gasteiger partial charge in [0, 0.05) is 6.54 Å². The highest BCUT2D eigenvalue weighted by Crippen LogP contribution is 2.19. The van der Waals surface area contributed by atoms with Gasteiger partial charge in [-0.1, -0.05) is 24.3 Å². The van der Waals surface area contributed by atoms with Crippen LogP contribution in [0.4, 0.5) is 0 Å². The van der Waals surface area contributed by atoms with Crippen LogP contribution in [0.3, 0.4) is 0 Å². The van der Waals surface area contributed by atoms with Crippen molar-refractivity contribution in [1.82, 2.24) is 4.90 Å². The van der Waals surface area contributed by atoms with Crippen LogP contribution in [0.1, 0.15) is 24.0 Å². The van der Waals surface area contributed by atoms with E-state index in [4.69, 9.17) is 5.73 Å². The molecule has 1 aromatic rings. The topological polar surface area (TPSA) is 29.3 Å². The Labute approximate surface area is 98.4 Å². The molecule has 1 aromatic carbocycles. The Morgan fingerprint density at radius 1 is 1.25 bits per heavy atom. The van der Waals surface area contributed by atoms with E-state index in [0.29, 0.717) is 0 Å². The van der Waals surface area contributed by atoms with Crippen LogP contribution in [0.25, 0.3) is 0 Å².